The van der Waals surface area contributed by atoms with Gasteiger partial charge in [0.2, 0.25) is 5.88 Å². The van der Waals surface area contributed by atoms with Crippen LogP contribution in [0.25, 0.3) is 0 Å². The first kappa shape index (κ1) is 16.0. The highest BCUT2D eigenvalue weighted by Gasteiger charge is 2.22. The molecule has 0 radical (unpaired) electrons. The SMILES string of the molecule is CCOc1ccc(CN2CCN(C(=O)c3ccsc3)CC2)cn1. The fourth-order valence-electron chi connectivity index (χ4n) is 2.67. The summed E-state index contributed by atoms with van der Waals surface area (Å²) in [5.41, 5.74) is 1.98. The highest BCUT2D eigenvalue weighted by Crippen LogP contribution is 2.14. The van der Waals surface area contributed by atoms with E-state index < -0.39 is 0 Å². The molecule has 0 aromatic carbocycles. The number of aromatic nitrogens is 1. The molecule has 3 heterocycles. The minimum absolute atomic E-state index is 0.147. The molecule has 2 aromatic rings. The largest absolute Gasteiger partial charge is 0.478 e. The first-order valence-corrected chi connectivity index (χ1v) is 8.82. The number of carbonyl (C=O) groups excluding carboxylic acids is 1. The van der Waals surface area contributed by atoms with Gasteiger partial charge in [-0.3, -0.25) is 9.69 Å². The van der Waals surface area contributed by atoms with Crippen molar-refractivity contribution < 1.29 is 9.53 Å². The fraction of sp³-hybridized carbons (Fsp3) is 0.412. The van der Waals surface area contributed by atoms with E-state index in [-0.39, 0.29) is 5.91 Å². The second kappa shape index (κ2) is 7.57. The Labute approximate surface area is 140 Å². The Balaban J connectivity index is 1.50. The summed E-state index contributed by atoms with van der Waals surface area (Å²) in [4.78, 5) is 20.9. The van der Waals surface area contributed by atoms with Gasteiger partial charge in [-0.1, -0.05) is 6.07 Å². The molecule has 3 rings (SSSR count). The Hall–Kier alpha value is -1.92. The van der Waals surface area contributed by atoms with Gasteiger partial charge in [0.05, 0.1) is 12.2 Å². The van der Waals surface area contributed by atoms with Crippen molar-refractivity contribution in [2.24, 2.45) is 0 Å². The first-order chi connectivity index (χ1) is 11.3. The Morgan fingerprint density at radius 2 is 2.09 bits per heavy atom. The normalized spacial score (nSPS) is 15.6. The third-order valence-corrected chi connectivity index (χ3v) is 4.61. The average molecular weight is 331 g/mol. The van der Waals surface area contributed by atoms with Crippen LogP contribution in [0.15, 0.2) is 35.2 Å². The molecule has 122 valence electrons. The number of rotatable bonds is 5. The third-order valence-electron chi connectivity index (χ3n) is 3.92. The van der Waals surface area contributed by atoms with Gasteiger partial charge in [0.25, 0.3) is 5.91 Å². The number of nitrogens with zero attached hydrogens (tertiary/aromatic N) is 3. The Bertz CT molecular complexity index is 620. The topological polar surface area (TPSA) is 45.7 Å². The molecule has 0 aliphatic carbocycles. The number of hydrogen-bond acceptors (Lipinski definition) is 5. The average Bonchev–Trinajstić information content (AvgIpc) is 3.11. The Morgan fingerprint density at radius 3 is 2.70 bits per heavy atom. The maximum Gasteiger partial charge on any atom is 0.254 e. The van der Waals surface area contributed by atoms with E-state index in [0.29, 0.717) is 12.5 Å². The van der Waals surface area contributed by atoms with Crippen LogP contribution >= 0.6 is 11.3 Å². The zero-order valence-corrected chi connectivity index (χ0v) is 14.1. The van der Waals surface area contributed by atoms with E-state index in [2.05, 4.69) is 16.0 Å². The van der Waals surface area contributed by atoms with Gasteiger partial charge < -0.3 is 9.64 Å². The zero-order chi connectivity index (χ0) is 16.1. The lowest BCUT2D eigenvalue weighted by Gasteiger charge is -2.34. The maximum atomic E-state index is 12.3. The molecule has 1 fully saturated rings. The minimum atomic E-state index is 0.147. The molecule has 0 saturated carbocycles. The molecule has 1 amide bonds. The molecule has 2 aromatic heterocycles. The number of pyridine rings is 1. The van der Waals surface area contributed by atoms with Crippen molar-refractivity contribution in [2.45, 2.75) is 13.5 Å². The van der Waals surface area contributed by atoms with Crippen LogP contribution in [0.3, 0.4) is 0 Å². The Morgan fingerprint density at radius 1 is 1.26 bits per heavy atom. The summed E-state index contributed by atoms with van der Waals surface area (Å²) in [5, 5.41) is 3.86. The highest BCUT2D eigenvalue weighted by molar-refractivity contribution is 7.08. The number of amides is 1. The highest BCUT2D eigenvalue weighted by atomic mass is 32.1. The predicted octanol–water partition coefficient (Wildman–Crippen LogP) is 2.50. The van der Waals surface area contributed by atoms with Gasteiger partial charge in [-0.25, -0.2) is 4.98 Å². The van der Waals surface area contributed by atoms with Crippen molar-refractivity contribution in [3.8, 4) is 5.88 Å². The number of piperazine rings is 1. The summed E-state index contributed by atoms with van der Waals surface area (Å²) >= 11 is 1.56. The van der Waals surface area contributed by atoms with E-state index >= 15 is 0 Å². The van der Waals surface area contributed by atoms with E-state index in [1.54, 1.807) is 11.3 Å². The van der Waals surface area contributed by atoms with Crippen LogP contribution in [0.2, 0.25) is 0 Å². The minimum Gasteiger partial charge on any atom is -0.478 e. The zero-order valence-electron chi connectivity index (χ0n) is 13.3. The van der Waals surface area contributed by atoms with Crippen LogP contribution in [-0.4, -0.2) is 53.5 Å². The van der Waals surface area contributed by atoms with Crippen molar-refractivity contribution in [1.82, 2.24) is 14.8 Å². The van der Waals surface area contributed by atoms with Crippen LogP contribution < -0.4 is 4.74 Å². The standard InChI is InChI=1S/C17H21N3O2S/c1-2-22-16-4-3-14(11-18-16)12-19-6-8-20(9-7-19)17(21)15-5-10-23-13-15/h3-5,10-11,13H,2,6-9,12H2,1H3. The number of ether oxygens (including phenoxy) is 1. The predicted molar refractivity (Wildman–Crippen MR) is 90.9 cm³/mol. The summed E-state index contributed by atoms with van der Waals surface area (Å²) in [6.45, 7) is 6.78. The van der Waals surface area contributed by atoms with E-state index in [0.717, 1.165) is 38.3 Å². The summed E-state index contributed by atoms with van der Waals surface area (Å²) < 4.78 is 5.36. The molecule has 5 nitrogen and oxygen atoms in total. The molecule has 0 spiro atoms. The van der Waals surface area contributed by atoms with E-state index in [4.69, 9.17) is 4.74 Å². The summed E-state index contributed by atoms with van der Waals surface area (Å²) in [6, 6.07) is 5.86. The van der Waals surface area contributed by atoms with Gasteiger partial charge in [0.15, 0.2) is 0 Å². The molecular formula is C17H21N3O2S. The van der Waals surface area contributed by atoms with Crippen LogP contribution in [0.4, 0.5) is 0 Å². The van der Waals surface area contributed by atoms with Crippen LogP contribution in [0, 0.1) is 0 Å². The van der Waals surface area contributed by atoms with E-state index in [9.17, 15) is 4.79 Å². The second-order valence-corrected chi connectivity index (χ2v) is 6.30. The lowest BCUT2D eigenvalue weighted by atomic mass is 10.2. The molecule has 0 atom stereocenters. The van der Waals surface area contributed by atoms with Crippen molar-refractivity contribution >= 4 is 17.2 Å². The Kier molecular flexibility index (Phi) is 5.25. The van der Waals surface area contributed by atoms with Crippen LogP contribution in [0.5, 0.6) is 5.88 Å². The molecule has 0 unspecified atom stereocenters. The van der Waals surface area contributed by atoms with Gasteiger partial charge in [-0.15, -0.1) is 0 Å². The molecule has 0 bridgehead atoms. The summed E-state index contributed by atoms with van der Waals surface area (Å²) in [5.74, 6) is 0.816. The van der Waals surface area contributed by atoms with Crippen molar-refractivity contribution in [1.29, 1.82) is 0 Å². The summed E-state index contributed by atoms with van der Waals surface area (Å²) in [6.07, 6.45) is 1.87. The number of hydrogen-bond donors (Lipinski definition) is 0. The molecule has 6 heteroatoms. The van der Waals surface area contributed by atoms with Gasteiger partial charge in [-0.05, 0) is 23.9 Å². The van der Waals surface area contributed by atoms with Crippen molar-refractivity contribution in [2.75, 3.05) is 32.8 Å². The third kappa shape index (κ3) is 4.09. The first-order valence-electron chi connectivity index (χ1n) is 7.88. The number of carbonyl (C=O) groups is 1. The van der Waals surface area contributed by atoms with Gasteiger partial charge >= 0.3 is 0 Å². The monoisotopic (exact) mass is 331 g/mol. The fourth-order valence-corrected chi connectivity index (χ4v) is 3.30. The number of thiophene rings is 1. The molecular weight excluding hydrogens is 310 g/mol. The molecule has 1 aliphatic rings. The van der Waals surface area contributed by atoms with Crippen LogP contribution in [0.1, 0.15) is 22.8 Å². The van der Waals surface area contributed by atoms with Gasteiger partial charge in [0, 0.05) is 50.4 Å². The molecule has 1 aliphatic heterocycles. The smallest absolute Gasteiger partial charge is 0.254 e. The van der Waals surface area contributed by atoms with Gasteiger partial charge in [0.1, 0.15) is 0 Å². The van der Waals surface area contributed by atoms with Crippen LogP contribution in [-0.2, 0) is 6.54 Å². The maximum absolute atomic E-state index is 12.3. The van der Waals surface area contributed by atoms with Crippen molar-refractivity contribution in [3.63, 3.8) is 0 Å². The molecule has 1 saturated heterocycles. The van der Waals surface area contributed by atoms with E-state index in [1.807, 2.05) is 40.9 Å². The lowest BCUT2D eigenvalue weighted by Crippen LogP contribution is -2.48. The summed E-state index contributed by atoms with van der Waals surface area (Å²) in [7, 11) is 0. The second-order valence-electron chi connectivity index (χ2n) is 5.52. The van der Waals surface area contributed by atoms with Gasteiger partial charge in [-0.2, -0.15) is 11.3 Å². The lowest BCUT2D eigenvalue weighted by molar-refractivity contribution is 0.0629. The molecule has 23 heavy (non-hydrogen) atoms. The van der Waals surface area contributed by atoms with Crippen molar-refractivity contribution in [3.05, 3.63) is 46.3 Å². The van der Waals surface area contributed by atoms with E-state index in [1.165, 1.54) is 5.56 Å². The molecule has 0 N–H and O–H groups in total. The quantitative estimate of drug-likeness (QED) is 0.844.